The predicted molar refractivity (Wildman–Crippen MR) is 74.2 cm³/mol. The van der Waals surface area contributed by atoms with Gasteiger partial charge in [-0.05, 0) is 30.4 Å². The molecule has 0 amide bonds. The molecule has 1 aromatic rings. The highest BCUT2D eigenvalue weighted by molar-refractivity contribution is 5.24. The average molecular weight is 234 g/mol. The van der Waals surface area contributed by atoms with Gasteiger partial charge in [-0.1, -0.05) is 63.8 Å². The van der Waals surface area contributed by atoms with Crippen molar-refractivity contribution in [3.05, 3.63) is 35.4 Å². The second-order valence-electron chi connectivity index (χ2n) is 4.83. The summed E-state index contributed by atoms with van der Waals surface area (Å²) in [6.45, 7) is 4.25. The van der Waals surface area contributed by atoms with Crippen molar-refractivity contribution in [2.24, 2.45) is 0 Å². The molecule has 0 bridgehead atoms. The van der Waals surface area contributed by atoms with Crippen LogP contribution in [-0.2, 0) is 6.42 Å². The van der Waals surface area contributed by atoms with Crippen LogP contribution in [0, 0.1) is 0 Å². The van der Waals surface area contributed by atoms with Crippen LogP contribution in [0.15, 0.2) is 24.3 Å². The van der Waals surface area contributed by atoms with E-state index in [1.165, 1.54) is 44.1 Å². The highest BCUT2D eigenvalue weighted by atomic mass is 16.3. The second kappa shape index (κ2) is 8.30. The smallest absolute Gasteiger partial charge is 0.0787 e. The van der Waals surface area contributed by atoms with E-state index in [0.717, 1.165) is 12.0 Å². The third-order valence-electron chi connectivity index (χ3n) is 3.32. The maximum absolute atomic E-state index is 9.69. The minimum atomic E-state index is -0.298. The van der Waals surface area contributed by atoms with Crippen molar-refractivity contribution in [3.63, 3.8) is 0 Å². The molecule has 0 aliphatic heterocycles. The number of aliphatic hydroxyl groups excluding tert-OH is 1. The number of benzene rings is 1. The van der Waals surface area contributed by atoms with Gasteiger partial charge in [-0.3, -0.25) is 0 Å². The number of hydrogen-bond donors (Lipinski definition) is 1. The molecule has 17 heavy (non-hydrogen) atoms. The third kappa shape index (κ3) is 5.36. The lowest BCUT2D eigenvalue weighted by molar-refractivity contribution is 0.173. The molecule has 0 aromatic heterocycles. The molecule has 0 saturated carbocycles. The van der Waals surface area contributed by atoms with Crippen molar-refractivity contribution in [2.75, 3.05) is 0 Å². The van der Waals surface area contributed by atoms with Crippen LogP contribution < -0.4 is 0 Å². The first-order valence-electron chi connectivity index (χ1n) is 7.04. The first-order chi connectivity index (χ1) is 8.27. The van der Waals surface area contributed by atoms with E-state index in [1.54, 1.807) is 0 Å². The Morgan fingerprint density at radius 3 is 2.18 bits per heavy atom. The normalized spacial score (nSPS) is 12.6. The molecule has 1 heteroatoms. The maximum Gasteiger partial charge on any atom is 0.0787 e. The Morgan fingerprint density at radius 2 is 1.59 bits per heavy atom. The lowest BCUT2D eigenvalue weighted by atomic mass is 10.0. The third-order valence-corrected chi connectivity index (χ3v) is 3.32. The summed E-state index contributed by atoms with van der Waals surface area (Å²) >= 11 is 0. The van der Waals surface area contributed by atoms with Gasteiger partial charge in [-0.2, -0.15) is 0 Å². The van der Waals surface area contributed by atoms with E-state index >= 15 is 0 Å². The van der Waals surface area contributed by atoms with Crippen molar-refractivity contribution in [1.29, 1.82) is 0 Å². The van der Waals surface area contributed by atoms with Crippen LogP contribution in [0.3, 0.4) is 0 Å². The van der Waals surface area contributed by atoms with Gasteiger partial charge in [0.05, 0.1) is 6.10 Å². The van der Waals surface area contributed by atoms with Crippen LogP contribution in [0.1, 0.15) is 69.6 Å². The van der Waals surface area contributed by atoms with Gasteiger partial charge >= 0.3 is 0 Å². The van der Waals surface area contributed by atoms with E-state index in [2.05, 4.69) is 31.2 Å². The zero-order valence-corrected chi connectivity index (χ0v) is 11.3. The molecule has 1 aromatic carbocycles. The summed E-state index contributed by atoms with van der Waals surface area (Å²) in [6, 6.07) is 8.45. The number of hydrogen-bond acceptors (Lipinski definition) is 1. The summed E-state index contributed by atoms with van der Waals surface area (Å²) in [5, 5.41) is 9.69. The Hall–Kier alpha value is -0.820. The molecule has 0 radical (unpaired) electrons. The molecule has 96 valence electrons. The molecule has 0 spiro atoms. The van der Waals surface area contributed by atoms with Gasteiger partial charge < -0.3 is 5.11 Å². The molecule has 1 rings (SSSR count). The van der Waals surface area contributed by atoms with E-state index in [1.807, 2.05) is 6.92 Å². The van der Waals surface area contributed by atoms with Crippen LogP contribution in [0.25, 0.3) is 0 Å². The van der Waals surface area contributed by atoms with Crippen LogP contribution in [0.4, 0.5) is 0 Å². The van der Waals surface area contributed by atoms with Gasteiger partial charge in [0.1, 0.15) is 0 Å². The lowest BCUT2D eigenvalue weighted by Crippen LogP contribution is -1.95. The Balaban J connectivity index is 2.30. The Kier molecular flexibility index (Phi) is 6.95. The van der Waals surface area contributed by atoms with Gasteiger partial charge in [0, 0.05) is 0 Å². The zero-order chi connectivity index (χ0) is 12.5. The summed E-state index contributed by atoms with van der Waals surface area (Å²) in [5.74, 6) is 0. The van der Waals surface area contributed by atoms with Gasteiger partial charge in [-0.15, -0.1) is 0 Å². The van der Waals surface area contributed by atoms with E-state index in [9.17, 15) is 5.11 Å². The van der Waals surface area contributed by atoms with Crippen molar-refractivity contribution < 1.29 is 5.11 Å². The van der Waals surface area contributed by atoms with Crippen molar-refractivity contribution >= 4 is 0 Å². The molecule has 0 saturated heterocycles. The highest BCUT2D eigenvalue weighted by Crippen LogP contribution is 2.17. The van der Waals surface area contributed by atoms with Crippen LogP contribution in [0.2, 0.25) is 0 Å². The predicted octanol–water partition coefficient (Wildman–Crippen LogP) is 4.64. The number of aryl methyl sites for hydroxylation is 1. The van der Waals surface area contributed by atoms with Crippen molar-refractivity contribution in [3.8, 4) is 0 Å². The number of unbranched alkanes of at least 4 members (excludes halogenated alkanes) is 4. The van der Waals surface area contributed by atoms with Crippen molar-refractivity contribution in [1.82, 2.24) is 0 Å². The SMILES string of the molecule is CCCCCCCc1ccc(C(O)CC)cc1. The molecule has 0 fully saturated rings. The lowest BCUT2D eigenvalue weighted by Gasteiger charge is -2.09. The van der Waals surface area contributed by atoms with Gasteiger partial charge in [0.25, 0.3) is 0 Å². The van der Waals surface area contributed by atoms with Gasteiger partial charge in [0.15, 0.2) is 0 Å². The van der Waals surface area contributed by atoms with Crippen molar-refractivity contribution in [2.45, 2.75) is 64.9 Å². The number of aliphatic hydroxyl groups is 1. The van der Waals surface area contributed by atoms with Crippen LogP contribution in [-0.4, -0.2) is 5.11 Å². The monoisotopic (exact) mass is 234 g/mol. The van der Waals surface area contributed by atoms with Crippen LogP contribution in [0.5, 0.6) is 0 Å². The summed E-state index contributed by atoms with van der Waals surface area (Å²) < 4.78 is 0. The second-order valence-corrected chi connectivity index (χ2v) is 4.83. The summed E-state index contributed by atoms with van der Waals surface area (Å²) in [4.78, 5) is 0. The van der Waals surface area contributed by atoms with Crippen LogP contribution >= 0.6 is 0 Å². The molecule has 0 aliphatic rings. The molecule has 1 unspecified atom stereocenters. The highest BCUT2D eigenvalue weighted by Gasteiger charge is 2.03. The Bertz CT molecular complexity index is 289. The quantitative estimate of drug-likeness (QED) is 0.649. The average Bonchev–Trinajstić information content (AvgIpc) is 2.38. The molecule has 0 heterocycles. The van der Waals surface area contributed by atoms with E-state index in [-0.39, 0.29) is 6.10 Å². The fourth-order valence-electron chi connectivity index (χ4n) is 2.07. The standard InChI is InChI=1S/C16H26O/c1-3-5-6-7-8-9-14-10-12-15(13-11-14)16(17)4-2/h10-13,16-17H,3-9H2,1-2H3. The fraction of sp³-hybridized carbons (Fsp3) is 0.625. The van der Waals surface area contributed by atoms with E-state index in [4.69, 9.17) is 0 Å². The summed E-state index contributed by atoms with van der Waals surface area (Å²) in [6.07, 6.45) is 8.33. The largest absolute Gasteiger partial charge is 0.388 e. The fourth-order valence-corrected chi connectivity index (χ4v) is 2.07. The minimum Gasteiger partial charge on any atom is -0.388 e. The first-order valence-corrected chi connectivity index (χ1v) is 7.04. The molecular weight excluding hydrogens is 208 g/mol. The Labute approximate surface area is 106 Å². The molecule has 0 aliphatic carbocycles. The molecule has 1 atom stereocenters. The maximum atomic E-state index is 9.69. The topological polar surface area (TPSA) is 20.2 Å². The Morgan fingerprint density at radius 1 is 0.941 bits per heavy atom. The molecule has 1 N–H and O–H groups in total. The minimum absolute atomic E-state index is 0.298. The van der Waals surface area contributed by atoms with Gasteiger partial charge in [-0.25, -0.2) is 0 Å². The molecule has 1 nitrogen and oxygen atoms in total. The van der Waals surface area contributed by atoms with E-state index in [0.29, 0.717) is 0 Å². The van der Waals surface area contributed by atoms with Gasteiger partial charge in [0.2, 0.25) is 0 Å². The first kappa shape index (κ1) is 14.2. The zero-order valence-electron chi connectivity index (χ0n) is 11.3. The number of rotatable bonds is 8. The summed E-state index contributed by atoms with van der Waals surface area (Å²) in [5.41, 5.74) is 2.44. The van der Waals surface area contributed by atoms with E-state index < -0.39 is 0 Å². The summed E-state index contributed by atoms with van der Waals surface area (Å²) in [7, 11) is 0. The molecular formula is C16H26O.